The SMILES string of the molecule is CC1(C)C2CC=C(CN3CCCN(C(=O)C4CCC(=O)N4)CC3)C1C2. The number of hydrogen-bond acceptors (Lipinski definition) is 3. The van der Waals surface area contributed by atoms with Gasteiger partial charge in [-0.1, -0.05) is 25.5 Å². The third kappa shape index (κ3) is 3.12. The monoisotopic (exact) mass is 345 g/mol. The van der Waals surface area contributed by atoms with Crippen LogP contribution in [0.3, 0.4) is 0 Å². The molecule has 2 aliphatic heterocycles. The fourth-order valence-corrected chi connectivity index (χ4v) is 5.28. The Morgan fingerprint density at radius 2 is 2.12 bits per heavy atom. The summed E-state index contributed by atoms with van der Waals surface area (Å²) in [7, 11) is 0. The summed E-state index contributed by atoms with van der Waals surface area (Å²) in [6, 6.07) is -0.284. The normalized spacial score (nSPS) is 34.8. The number of nitrogens with one attached hydrogen (secondary N) is 1. The Labute approximate surface area is 150 Å². The summed E-state index contributed by atoms with van der Waals surface area (Å²) in [5.74, 6) is 1.79. The van der Waals surface area contributed by atoms with E-state index in [1.165, 1.54) is 12.8 Å². The van der Waals surface area contributed by atoms with Gasteiger partial charge in [0.25, 0.3) is 0 Å². The van der Waals surface area contributed by atoms with E-state index in [4.69, 9.17) is 0 Å². The Hall–Kier alpha value is -1.36. The van der Waals surface area contributed by atoms with Gasteiger partial charge in [0.15, 0.2) is 0 Å². The van der Waals surface area contributed by atoms with E-state index in [1.54, 1.807) is 5.57 Å². The Morgan fingerprint density at radius 3 is 2.80 bits per heavy atom. The number of hydrogen-bond donors (Lipinski definition) is 1. The lowest BCUT2D eigenvalue weighted by molar-refractivity contribution is -0.134. The second-order valence-corrected chi connectivity index (χ2v) is 8.94. The van der Waals surface area contributed by atoms with Crippen LogP contribution < -0.4 is 5.32 Å². The lowest BCUT2D eigenvalue weighted by Gasteiger charge is -2.57. The molecule has 2 saturated heterocycles. The highest BCUT2D eigenvalue weighted by Crippen LogP contribution is 2.59. The van der Waals surface area contributed by atoms with Crippen molar-refractivity contribution in [1.82, 2.24) is 15.1 Å². The summed E-state index contributed by atoms with van der Waals surface area (Å²) >= 11 is 0. The zero-order valence-corrected chi connectivity index (χ0v) is 15.6. The van der Waals surface area contributed by atoms with E-state index in [9.17, 15) is 9.59 Å². The maximum absolute atomic E-state index is 12.6. The molecule has 2 bridgehead atoms. The quantitative estimate of drug-likeness (QED) is 0.794. The largest absolute Gasteiger partial charge is 0.344 e. The fraction of sp³-hybridized carbons (Fsp3) is 0.800. The number of allylic oxidation sites excluding steroid dienone is 1. The molecule has 0 spiro atoms. The zero-order valence-electron chi connectivity index (χ0n) is 15.6. The van der Waals surface area contributed by atoms with Crippen LogP contribution in [0.4, 0.5) is 0 Å². The van der Waals surface area contributed by atoms with Gasteiger partial charge < -0.3 is 10.2 Å². The third-order valence-electron chi connectivity index (χ3n) is 7.18. The molecule has 1 N–H and O–H groups in total. The summed E-state index contributed by atoms with van der Waals surface area (Å²) in [6.07, 6.45) is 7.28. The number of nitrogens with zero attached hydrogens (tertiary/aromatic N) is 2. The predicted molar refractivity (Wildman–Crippen MR) is 96.9 cm³/mol. The minimum absolute atomic E-state index is 0.0143. The van der Waals surface area contributed by atoms with Crippen molar-refractivity contribution >= 4 is 11.8 Å². The summed E-state index contributed by atoms with van der Waals surface area (Å²) < 4.78 is 0. The van der Waals surface area contributed by atoms with Gasteiger partial charge >= 0.3 is 0 Å². The van der Waals surface area contributed by atoms with Crippen molar-refractivity contribution in [1.29, 1.82) is 0 Å². The first kappa shape index (κ1) is 17.1. The molecule has 5 heteroatoms. The topological polar surface area (TPSA) is 52.7 Å². The van der Waals surface area contributed by atoms with E-state index in [0.29, 0.717) is 18.3 Å². The molecule has 0 aromatic carbocycles. The van der Waals surface area contributed by atoms with Crippen LogP contribution >= 0.6 is 0 Å². The minimum Gasteiger partial charge on any atom is -0.344 e. The van der Waals surface area contributed by atoms with Crippen LogP contribution in [0.2, 0.25) is 0 Å². The summed E-state index contributed by atoms with van der Waals surface area (Å²) in [6.45, 7) is 9.54. The Kier molecular flexibility index (Phi) is 4.38. The molecule has 2 amide bonds. The van der Waals surface area contributed by atoms with Crippen LogP contribution in [0, 0.1) is 17.3 Å². The van der Waals surface area contributed by atoms with E-state index >= 15 is 0 Å². The molecule has 3 atom stereocenters. The standard InChI is InChI=1S/C20H31N3O2/c1-20(2)15-5-4-14(16(20)12-15)13-22-8-3-9-23(11-10-22)19(25)17-6-7-18(24)21-17/h4,15-17H,3,5-13H2,1-2H3,(H,21,24). The molecule has 0 aromatic heterocycles. The summed E-state index contributed by atoms with van der Waals surface area (Å²) in [5.41, 5.74) is 2.12. The van der Waals surface area contributed by atoms with Crippen molar-refractivity contribution in [2.24, 2.45) is 17.3 Å². The zero-order chi connectivity index (χ0) is 17.6. The van der Waals surface area contributed by atoms with E-state index < -0.39 is 0 Å². The first-order chi connectivity index (χ1) is 11.9. The number of amides is 2. The number of carbonyl (C=O) groups is 2. The first-order valence-electron chi connectivity index (χ1n) is 9.94. The molecular formula is C20H31N3O2. The average molecular weight is 345 g/mol. The van der Waals surface area contributed by atoms with Gasteiger partial charge in [-0.25, -0.2) is 0 Å². The smallest absolute Gasteiger partial charge is 0.245 e. The molecule has 5 nitrogen and oxygen atoms in total. The van der Waals surface area contributed by atoms with Gasteiger partial charge in [0.05, 0.1) is 0 Å². The van der Waals surface area contributed by atoms with E-state index in [0.717, 1.165) is 51.0 Å². The van der Waals surface area contributed by atoms with Gasteiger partial charge in [-0.05, 0) is 42.9 Å². The lowest BCUT2D eigenvalue weighted by Crippen LogP contribution is -2.50. The molecule has 3 aliphatic carbocycles. The van der Waals surface area contributed by atoms with E-state index in [2.05, 4.69) is 30.1 Å². The Bertz CT molecular complexity index is 598. The summed E-state index contributed by atoms with van der Waals surface area (Å²) in [4.78, 5) is 28.5. The molecular weight excluding hydrogens is 314 g/mol. The van der Waals surface area contributed by atoms with Crippen LogP contribution in [0.15, 0.2) is 11.6 Å². The van der Waals surface area contributed by atoms with Crippen molar-refractivity contribution in [2.75, 3.05) is 32.7 Å². The van der Waals surface area contributed by atoms with Gasteiger partial charge in [-0.3, -0.25) is 14.5 Å². The molecule has 25 heavy (non-hydrogen) atoms. The number of fused-ring (bicyclic) bond motifs is 1. The van der Waals surface area contributed by atoms with Crippen molar-refractivity contribution in [3.8, 4) is 0 Å². The Balaban J connectivity index is 1.32. The fourth-order valence-electron chi connectivity index (χ4n) is 5.28. The van der Waals surface area contributed by atoms with Crippen LogP contribution in [-0.4, -0.2) is 60.4 Å². The second kappa shape index (κ2) is 6.42. The minimum atomic E-state index is -0.284. The van der Waals surface area contributed by atoms with Crippen LogP contribution in [-0.2, 0) is 9.59 Å². The molecule has 5 rings (SSSR count). The van der Waals surface area contributed by atoms with Crippen molar-refractivity contribution in [2.45, 2.75) is 52.0 Å². The lowest BCUT2D eigenvalue weighted by atomic mass is 9.49. The molecule has 1 saturated carbocycles. The Morgan fingerprint density at radius 1 is 1.28 bits per heavy atom. The molecule has 2 heterocycles. The van der Waals surface area contributed by atoms with E-state index in [-0.39, 0.29) is 17.9 Å². The highest BCUT2D eigenvalue weighted by Gasteiger charge is 2.51. The third-order valence-corrected chi connectivity index (χ3v) is 7.18. The highest BCUT2D eigenvalue weighted by molar-refractivity contribution is 5.90. The number of rotatable bonds is 3. The van der Waals surface area contributed by atoms with Gasteiger partial charge in [0, 0.05) is 39.1 Å². The van der Waals surface area contributed by atoms with Gasteiger partial charge in [0.1, 0.15) is 6.04 Å². The van der Waals surface area contributed by atoms with Gasteiger partial charge in [0.2, 0.25) is 11.8 Å². The first-order valence-corrected chi connectivity index (χ1v) is 9.94. The maximum Gasteiger partial charge on any atom is 0.245 e. The summed E-state index contributed by atoms with van der Waals surface area (Å²) in [5, 5.41) is 2.82. The molecule has 0 radical (unpaired) electrons. The molecule has 5 aliphatic rings. The molecule has 138 valence electrons. The van der Waals surface area contributed by atoms with Gasteiger partial charge in [-0.2, -0.15) is 0 Å². The van der Waals surface area contributed by atoms with E-state index in [1.807, 2.05) is 4.90 Å². The van der Waals surface area contributed by atoms with Crippen molar-refractivity contribution in [3.63, 3.8) is 0 Å². The van der Waals surface area contributed by atoms with Crippen LogP contribution in [0.5, 0.6) is 0 Å². The van der Waals surface area contributed by atoms with Crippen LogP contribution in [0.25, 0.3) is 0 Å². The average Bonchev–Trinajstić information content (AvgIpc) is 2.89. The molecule has 0 aromatic rings. The molecule has 3 unspecified atom stereocenters. The highest BCUT2D eigenvalue weighted by atomic mass is 16.2. The van der Waals surface area contributed by atoms with Gasteiger partial charge in [-0.15, -0.1) is 0 Å². The second-order valence-electron chi connectivity index (χ2n) is 8.94. The predicted octanol–water partition coefficient (Wildman–Crippen LogP) is 1.79. The number of carbonyl (C=O) groups excluding carboxylic acids is 2. The van der Waals surface area contributed by atoms with Crippen LogP contribution in [0.1, 0.15) is 46.0 Å². The molecule has 3 fully saturated rings. The van der Waals surface area contributed by atoms with Crippen molar-refractivity contribution in [3.05, 3.63) is 11.6 Å². The maximum atomic E-state index is 12.6. The van der Waals surface area contributed by atoms with Crippen molar-refractivity contribution < 1.29 is 9.59 Å².